The van der Waals surface area contributed by atoms with Gasteiger partial charge in [0.15, 0.2) is 0 Å². The Morgan fingerprint density at radius 3 is 2.62 bits per heavy atom. The minimum Gasteiger partial charge on any atom is -0.468 e. The molecule has 2 saturated carbocycles. The molecule has 0 spiro atoms. The molecule has 1 heterocycles. The van der Waals surface area contributed by atoms with Crippen molar-refractivity contribution < 1.29 is 14.3 Å². The van der Waals surface area contributed by atoms with Crippen LogP contribution in [0.3, 0.4) is 0 Å². The van der Waals surface area contributed by atoms with Crippen LogP contribution in [0.25, 0.3) is 0 Å². The van der Waals surface area contributed by atoms with Crippen molar-refractivity contribution in [3.05, 3.63) is 0 Å². The fourth-order valence-electron chi connectivity index (χ4n) is 3.61. The number of hydrogen-bond acceptors (Lipinski definition) is 5. The summed E-state index contributed by atoms with van der Waals surface area (Å²) in [5, 5.41) is 4.89. The molecular weight excluding hydrogens is 286 g/mol. The Hall–Kier alpha value is -0.260. The molecule has 1 saturated heterocycles. The van der Waals surface area contributed by atoms with E-state index < -0.39 is 5.54 Å². The summed E-state index contributed by atoms with van der Waals surface area (Å²) in [5.41, 5.74) is -0.420. The van der Waals surface area contributed by atoms with Crippen LogP contribution in [0.4, 0.5) is 0 Å². The van der Waals surface area contributed by atoms with E-state index in [4.69, 9.17) is 9.47 Å². The summed E-state index contributed by atoms with van der Waals surface area (Å²) in [6, 6.07) is 0.538. The number of ether oxygens (including phenoxy) is 2. The Morgan fingerprint density at radius 2 is 1.95 bits per heavy atom. The molecule has 2 unspecified atom stereocenters. The summed E-state index contributed by atoms with van der Waals surface area (Å²) >= 11 is 2.09. The molecule has 1 aliphatic heterocycles. The molecule has 1 N–H and O–H groups in total. The molecular formula is C16H27NO3S. The van der Waals surface area contributed by atoms with Crippen molar-refractivity contribution in [1.29, 1.82) is 0 Å². The molecule has 3 aliphatic rings. The second kappa shape index (κ2) is 6.88. The van der Waals surface area contributed by atoms with Gasteiger partial charge in [0.2, 0.25) is 0 Å². The lowest BCUT2D eigenvalue weighted by molar-refractivity contribution is -0.150. The number of hydrogen-bond donors (Lipinski definition) is 1. The first-order valence-electron chi connectivity index (χ1n) is 8.31. The smallest absolute Gasteiger partial charge is 0.326 e. The molecule has 0 bridgehead atoms. The summed E-state index contributed by atoms with van der Waals surface area (Å²) in [5.74, 6) is -0.0494. The maximum Gasteiger partial charge on any atom is 0.326 e. The van der Waals surface area contributed by atoms with E-state index in [0.29, 0.717) is 16.5 Å². The van der Waals surface area contributed by atoms with Gasteiger partial charge in [0.05, 0.1) is 7.11 Å². The van der Waals surface area contributed by atoms with Gasteiger partial charge in [-0.15, -0.1) is 0 Å². The van der Waals surface area contributed by atoms with Crippen LogP contribution >= 0.6 is 11.8 Å². The lowest BCUT2D eigenvalue weighted by Gasteiger charge is -2.40. The number of carbonyl (C=O) groups excluding carboxylic acids is 1. The molecule has 2 atom stereocenters. The summed E-state index contributed by atoms with van der Waals surface area (Å²) in [6.07, 6.45) is 8.93. The van der Waals surface area contributed by atoms with Gasteiger partial charge in [-0.2, -0.15) is 11.8 Å². The minimum absolute atomic E-state index is 0.0494. The number of methoxy groups -OCH3 is 1. The highest BCUT2D eigenvalue weighted by molar-refractivity contribution is 8.00. The Labute approximate surface area is 131 Å². The van der Waals surface area contributed by atoms with Gasteiger partial charge in [-0.25, -0.2) is 0 Å². The third-order valence-electron chi connectivity index (χ3n) is 4.89. The highest BCUT2D eigenvalue weighted by atomic mass is 32.2. The quantitative estimate of drug-likeness (QED) is 0.790. The molecule has 2 aliphatic carbocycles. The molecule has 0 aromatic rings. The van der Waals surface area contributed by atoms with Gasteiger partial charge in [0.25, 0.3) is 0 Å². The zero-order valence-corrected chi connectivity index (χ0v) is 13.8. The van der Waals surface area contributed by atoms with Crippen molar-refractivity contribution in [1.82, 2.24) is 5.32 Å². The van der Waals surface area contributed by atoms with Crippen molar-refractivity contribution in [2.75, 3.05) is 20.3 Å². The van der Waals surface area contributed by atoms with E-state index in [1.54, 1.807) is 0 Å². The molecule has 3 fully saturated rings. The third kappa shape index (κ3) is 3.93. The van der Waals surface area contributed by atoms with Crippen LogP contribution in [-0.4, -0.2) is 48.4 Å². The predicted octanol–water partition coefficient (Wildman–Crippen LogP) is 2.51. The summed E-state index contributed by atoms with van der Waals surface area (Å²) in [6.45, 7) is 1.79. The topological polar surface area (TPSA) is 47.6 Å². The SMILES string of the molecule is COC(=O)C1(NC2CC2)CCCC(SC2CCOCC2)C1. The normalized spacial score (nSPS) is 34.6. The van der Waals surface area contributed by atoms with Crippen LogP contribution < -0.4 is 5.32 Å². The van der Waals surface area contributed by atoms with Crippen molar-refractivity contribution in [2.24, 2.45) is 0 Å². The van der Waals surface area contributed by atoms with Gasteiger partial charge in [-0.3, -0.25) is 10.1 Å². The van der Waals surface area contributed by atoms with Crippen LogP contribution in [0.2, 0.25) is 0 Å². The number of esters is 1. The second-order valence-electron chi connectivity index (χ2n) is 6.66. The predicted molar refractivity (Wildman–Crippen MR) is 84.6 cm³/mol. The molecule has 0 aromatic heterocycles. The molecule has 120 valence electrons. The second-order valence-corrected chi connectivity index (χ2v) is 8.26. The van der Waals surface area contributed by atoms with Crippen LogP contribution in [0.5, 0.6) is 0 Å². The Bertz CT molecular complexity index is 369. The van der Waals surface area contributed by atoms with Crippen LogP contribution in [0.1, 0.15) is 51.4 Å². The summed E-state index contributed by atoms with van der Waals surface area (Å²) in [4.78, 5) is 12.4. The van der Waals surface area contributed by atoms with E-state index in [1.165, 1.54) is 26.4 Å². The van der Waals surface area contributed by atoms with E-state index >= 15 is 0 Å². The highest BCUT2D eigenvalue weighted by Gasteiger charge is 2.47. The summed E-state index contributed by atoms with van der Waals surface area (Å²) < 4.78 is 10.6. The third-order valence-corrected chi connectivity index (χ3v) is 6.54. The van der Waals surface area contributed by atoms with Crippen LogP contribution in [0, 0.1) is 0 Å². The maximum atomic E-state index is 12.4. The fourth-order valence-corrected chi connectivity index (χ4v) is 5.31. The van der Waals surface area contributed by atoms with Crippen molar-refractivity contribution in [2.45, 2.75) is 73.4 Å². The Morgan fingerprint density at radius 1 is 1.19 bits per heavy atom. The van der Waals surface area contributed by atoms with Gasteiger partial charge >= 0.3 is 5.97 Å². The van der Waals surface area contributed by atoms with E-state index in [-0.39, 0.29) is 5.97 Å². The first kappa shape index (κ1) is 15.6. The lowest BCUT2D eigenvalue weighted by atomic mass is 9.81. The van der Waals surface area contributed by atoms with Crippen molar-refractivity contribution in [3.63, 3.8) is 0 Å². The average Bonchev–Trinajstić information content (AvgIpc) is 3.31. The molecule has 5 heteroatoms. The van der Waals surface area contributed by atoms with Gasteiger partial charge < -0.3 is 9.47 Å². The number of rotatable bonds is 5. The Balaban J connectivity index is 1.62. The number of thioether (sulfide) groups is 1. The van der Waals surface area contributed by atoms with Crippen LogP contribution in [0.15, 0.2) is 0 Å². The van der Waals surface area contributed by atoms with Gasteiger partial charge in [-0.05, 0) is 51.4 Å². The molecule has 0 radical (unpaired) electrons. The first-order chi connectivity index (χ1) is 10.2. The van der Waals surface area contributed by atoms with E-state index in [9.17, 15) is 4.79 Å². The Kier molecular flexibility index (Phi) is 5.12. The molecule has 0 aromatic carbocycles. The van der Waals surface area contributed by atoms with Gasteiger partial charge in [-0.1, -0.05) is 0 Å². The minimum atomic E-state index is -0.420. The largest absolute Gasteiger partial charge is 0.468 e. The standard InChI is InChI=1S/C16H27NO3S/c1-19-15(18)16(17-12-4-5-12)8-2-3-14(11-16)21-13-6-9-20-10-7-13/h12-14,17H,2-11H2,1H3. The lowest BCUT2D eigenvalue weighted by Crippen LogP contribution is -2.57. The summed E-state index contributed by atoms with van der Waals surface area (Å²) in [7, 11) is 1.52. The van der Waals surface area contributed by atoms with E-state index in [2.05, 4.69) is 17.1 Å². The van der Waals surface area contributed by atoms with Gasteiger partial charge in [0.1, 0.15) is 5.54 Å². The monoisotopic (exact) mass is 313 g/mol. The molecule has 4 nitrogen and oxygen atoms in total. The zero-order chi connectivity index (χ0) is 14.7. The molecule has 3 rings (SSSR count). The van der Waals surface area contributed by atoms with Gasteiger partial charge in [0, 0.05) is 29.8 Å². The maximum absolute atomic E-state index is 12.4. The number of carbonyl (C=O) groups is 1. The first-order valence-corrected chi connectivity index (χ1v) is 9.25. The van der Waals surface area contributed by atoms with Crippen molar-refractivity contribution in [3.8, 4) is 0 Å². The number of nitrogens with one attached hydrogen (secondary N) is 1. The highest BCUT2D eigenvalue weighted by Crippen LogP contribution is 2.41. The van der Waals surface area contributed by atoms with E-state index in [0.717, 1.165) is 45.3 Å². The molecule has 21 heavy (non-hydrogen) atoms. The molecule has 0 amide bonds. The van der Waals surface area contributed by atoms with E-state index in [1.807, 2.05) is 0 Å². The van der Waals surface area contributed by atoms with Crippen LogP contribution in [-0.2, 0) is 14.3 Å². The average molecular weight is 313 g/mol. The fraction of sp³-hybridized carbons (Fsp3) is 0.938. The zero-order valence-electron chi connectivity index (χ0n) is 12.9. The van der Waals surface area contributed by atoms with Crippen molar-refractivity contribution >= 4 is 17.7 Å².